The van der Waals surface area contributed by atoms with Crippen molar-refractivity contribution >= 4 is 24.0 Å². The van der Waals surface area contributed by atoms with Crippen LogP contribution in [0.4, 0.5) is 0 Å². The van der Waals surface area contributed by atoms with Crippen molar-refractivity contribution in [3.63, 3.8) is 0 Å². The Balaban J connectivity index is 2.19. The van der Waals surface area contributed by atoms with Gasteiger partial charge in [0.2, 0.25) is 0 Å². The van der Waals surface area contributed by atoms with Crippen LogP contribution in [-0.2, 0) is 6.42 Å². The third kappa shape index (κ3) is 4.01. The molecule has 0 spiro atoms. The third-order valence-corrected chi connectivity index (χ3v) is 6.65. The van der Waals surface area contributed by atoms with Crippen LogP contribution in [0.2, 0.25) is 19.6 Å². The Morgan fingerprint density at radius 1 is 0.920 bits per heavy atom. The van der Waals surface area contributed by atoms with Gasteiger partial charge in [-0.25, -0.2) is 0 Å². The second-order valence-corrected chi connectivity index (χ2v) is 14.3. The monoisotopic (exact) mass is 347 g/mol. The molecule has 0 atom stereocenters. The number of aromatic nitrogens is 1. The molecule has 0 aliphatic rings. The molecule has 0 fully saturated rings. The van der Waals surface area contributed by atoms with E-state index in [9.17, 15) is 0 Å². The normalized spacial score (nSPS) is 12.6. The summed E-state index contributed by atoms with van der Waals surface area (Å²) in [6.07, 6.45) is 3.25. The summed E-state index contributed by atoms with van der Waals surface area (Å²) in [6, 6.07) is 17.4. The Morgan fingerprint density at radius 3 is 2.28 bits per heavy atom. The van der Waals surface area contributed by atoms with E-state index >= 15 is 0 Å². The number of pyridine rings is 1. The first-order valence-corrected chi connectivity index (χ1v) is 12.6. The predicted molar refractivity (Wildman–Crippen MR) is 113 cm³/mol. The molecular weight excluding hydrogens is 318 g/mol. The molecule has 0 saturated carbocycles. The zero-order valence-corrected chi connectivity index (χ0v) is 17.4. The number of rotatable bonds is 3. The van der Waals surface area contributed by atoms with Crippen LogP contribution in [0.1, 0.15) is 26.3 Å². The Kier molecular flexibility index (Phi) is 4.59. The highest BCUT2D eigenvalue weighted by molar-refractivity contribution is 6.89. The summed E-state index contributed by atoms with van der Waals surface area (Å²) in [7, 11) is -1.42. The summed E-state index contributed by atoms with van der Waals surface area (Å²) in [6.45, 7) is 14.2. The average molecular weight is 348 g/mol. The van der Waals surface area contributed by atoms with Crippen molar-refractivity contribution in [1.82, 2.24) is 4.98 Å². The fraction of sp³-hybridized carbons (Fsp3) is 0.348. The van der Waals surface area contributed by atoms with Crippen LogP contribution in [0.5, 0.6) is 0 Å². The summed E-state index contributed by atoms with van der Waals surface area (Å²) in [4.78, 5) is 4.89. The smallest absolute Gasteiger partial charge is 0.0799 e. The highest BCUT2D eigenvalue weighted by Gasteiger charge is 2.24. The van der Waals surface area contributed by atoms with E-state index in [1.807, 2.05) is 0 Å². The van der Waals surface area contributed by atoms with E-state index in [0.29, 0.717) is 0 Å². The molecule has 0 radical (unpaired) electrons. The largest absolute Gasteiger partial charge is 0.256 e. The first-order valence-electron chi connectivity index (χ1n) is 9.13. The van der Waals surface area contributed by atoms with E-state index in [0.717, 1.165) is 12.1 Å². The molecular formula is C23H29NSi. The zero-order valence-electron chi connectivity index (χ0n) is 16.4. The van der Waals surface area contributed by atoms with Gasteiger partial charge in [0, 0.05) is 11.8 Å². The molecule has 130 valence electrons. The van der Waals surface area contributed by atoms with Crippen LogP contribution >= 0.6 is 0 Å². The van der Waals surface area contributed by atoms with Crippen molar-refractivity contribution in [2.75, 3.05) is 0 Å². The van der Waals surface area contributed by atoms with Crippen LogP contribution in [0.15, 0.2) is 54.7 Å². The van der Waals surface area contributed by atoms with Gasteiger partial charge in [0.15, 0.2) is 0 Å². The molecule has 0 N–H and O–H groups in total. The van der Waals surface area contributed by atoms with Gasteiger partial charge >= 0.3 is 0 Å². The van der Waals surface area contributed by atoms with E-state index in [2.05, 4.69) is 95.1 Å². The van der Waals surface area contributed by atoms with Crippen LogP contribution in [-0.4, -0.2) is 13.1 Å². The molecule has 2 aromatic carbocycles. The molecule has 0 amide bonds. The molecule has 0 saturated heterocycles. The summed E-state index contributed by atoms with van der Waals surface area (Å²) in [5.41, 5.74) is 4.07. The number of benzene rings is 2. The fourth-order valence-corrected chi connectivity index (χ4v) is 5.06. The van der Waals surface area contributed by atoms with Gasteiger partial charge in [0.1, 0.15) is 0 Å². The van der Waals surface area contributed by atoms with Gasteiger partial charge in [0.05, 0.1) is 13.8 Å². The van der Waals surface area contributed by atoms with Gasteiger partial charge in [-0.1, -0.05) is 82.9 Å². The van der Waals surface area contributed by atoms with Crippen molar-refractivity contribution in [1.29, 1.82) is 0 Å². The lowest BCUT2D eigenvalue weighted by atomic mass is 9.88. The summed E-state index contributed by atoms with van der Waals surface area (Å²) in [5, 5.41) is 4.04. The van der Waals surface area contributed by atoms with Crippen molar-refractivity contribution in [3.05, 3.63) is 60.3 Å². The lowest BCUT2D eigenvalue weighted by Crippen LogP contribution is -2.41. The summed E-state index contributed by atoms with van der Waals surface area (Å²) >= 11 is 0. The third-order valence-electron chi connectivity index (χ3n) is 4.58. The first kappa shape index (κ1) is 17.9. The van der Waals surface area contributed by atoms with Crippen LogP contribution in [0, 0.1) is 5.41 Å². The van der Waals surface area contributed by atoms with Gasteiger partial charge in [-0.05, 0) is 39.4 Å². The van der Waals surface area contributed by atoms with Crippen molar-refractivity contribution in [2.45, 2.75) is 46.8 Å². The van der Waals surface area contributed by atoms with Gasteiger partial charge in [-0.15, -0.1) is 0 Å². The molecule has 1 heterocycles. The summed E-state index contributed by atoms with van der Waals surface area (Å²) < 4.78 is 0. The average Bonchev–Trinajstić information content (AvgIpc) is 2.51. The van der Waals surface area contributed by atoms with E-state index in [-0.39, 0.29) is 5.41 Å². The first-order chi connectivity index (χ1) is 11.6. The van der Waals surface area contributed by atoms with Crippen LogP contribution in [0.25, 0.3) is 22.0 Å². The van der Waals surface area contributed by atoms with E-state index in [1.165, 1.54) is 27.1 Å². The molecule has 2 heteroatoms. The molecule has 0 aliphatic heterocycles. The van der Waals surface area contributed by atoms with Crippen LogP contribution < -0.4 is 5.19 Å². The number of hydrogen-bond donors (Lipinski definition) is 0. The van der Waals surface area contributed by atoms with E-state index < -0.39 is 8.07 Å². The summed E-state index contributed by atoms with van der Waals surface area (Å²) in [5.74, 6) is 0. The maximum Gasteiger partial charge on any atom is 0.0799 e. The van der Waals surface area contributed by atoms with Crippen LogP contribution in [0.3, 0.4) is 0 Å². The minimum absolute atomic E-state index is 0.270. The lowest BCUT2D eigenvalue weighted by Gasteiger charge is -2.26. The Bertz CT molecular complexity index is 893. The standard InChI is InChI=1S/C23H29NSi/c1-23(2,3)15-18-14-21(24-16-22(18)25(4,5)6)20-13-9-11-17-10-7-8-12-19(17)20/h7-14,16H,15H2,1-6H3. The Labute approximate surface area is 153 Å². The fourth-order valence-electron chi connectivity index (χ4n) is 3.49. The highest BCUT2D eigenvalue weighted by atomic mass is 28.3. The van der Waals surface area contributed by atoms with Crippen molar-refractivity contribution < 1.29 is 0 Å². The minimum Gasteiger partial charge on any atom is -0.256 e. The molecule has 25 heavy (non-hydrogen) atoms. The predicted octanol–water partition coefficient (Wildman–Crippen LogP) is 6.04. The Morgan fingerprint density at radius 2 is 1.60 bits per heavy atom. The molecule has 0 unspecified atom stereocenters. The lowest BCUT2D eigenvalue weighted by molar-refractivity contribution is 0.412. The Hall–Kier alpha value is -1.93. The zero-order chi connectivity index (χ0) is 18.2. The quantitative estimate of drug-likeness (QED) is 0.527. The van der Waals surface area contributed by atoms with Gasteiger partial charge in [0.25, 0.3) is 0 Å². The molecule has 0 aliphatic carbocycles. The molecule has 3 aromatic rings. The molecule has 0 bridgehead atoms. The van der Waals surface area contributed by atoms with Gasteiger partial charge in [-0.2, -0.15) is 0 Å². The van der Waals surface area contributed by atoms with Crippen molar-refractivity contribution in [2.24, 2.45) is 5.41 Å². The second-order valence-electron chi connectivity index (χ2n) is 9.24. The van der Waals surface area contributed by atoms with Gasteiger partial charge in [-0.3, -0.25) is 4.98 Å². The second kappa shape index (κ2) is 6.42. The topological polar surface area (TPSA) is 12.9 Å². The number of fused-ring (bicyclic) bond motifs is 1. The van der Waals surface area contributed by atoms with E-state index in [4.69, 9.17) is 4.98 Å². The maximum absolute atomic E-state index is 4.89. The van der Waals surface area contributed by atoms with Gasteiger partial charge < -0.3 is 0 Å². The maximum atomic E-state index is 4.89. The number of hydrogen-bond acceptors (Lipinski definition) is 1. The molecule has 1 nitrogen and oxygen atoms in total. The SMILES string of the molecule is CC(C)(C)Cc1cc(-c2cccc3ccccc23)ncc1[Si](C)(C)C. The van der Waals surface area contributed by atoms with E-state index in [1.54, 1.807) is 0 Å². The number of nitrogens with zero attached hydrogens (tertiary/aromatic N) is 1. The van der Waals surface area contributed by atoms with Crippen molar-refractivity contribution in [3.8, 4) is 11.3 Å². The molecule has 1 aromatic heterocycles. The highest BCUT2D eigenvalue weighted by Crippen LogP contribution is 2.29. The minimum atomic E-state index is -1.42. The molecule has 3 rings (SSSR count).